The molecule has 0 unspecified atom stereocenters. The molecule has 0 atom stereocenters. The van der Waals surface area contributed by atoms with Crippen LogP contribution >= 0.6 is 11.6 Å². The summed E-state index contributed by atoms with van der Waals surface area (Å²) in [6.07, 6.45) is 1.65. The zero-order valence-corrected chi connectivity index (χ0v) is 9.06. The molecule has 78 valence electrons. The summed E-state index contributed by atoms with van der Waals surface area (Å²) in [7, 11) is 3.29. The van der Waals surface area contributed by atoms with Crippen molar-refractivity contribution >= 4 is 11.6 Å². The van der Waals surface area contributed by atoms with E-state index >= 15 is 0 Å². The van der Waals surface area contributed by atoms with Gasteiger partial charge in [0.05, 0.1) is 18.9 Å². The maximum Gasteiger partial charge on any atom is 0.224 e. The van der Waals surface area contributed by atoms with Crippen LogP contribution in [0, 0.1) is 0 Å². The Morgan fingerprint density at radius 1 is 1.40 bits per heavy atom. The zero-order valence-electron chi connectivity index (χ0n) is 8.31. The average molecular weight is 225 g/mol. The Kier molecular flexibility index (Phi) is 2.55. The van der Waals surface area contributed by atoms with Crippen LogP contribution in [0.25, 0.3) is 11.3 Å². The molecule has 0 radical (unpaired) electrons. The second kappa shape index (κ2) is 3.86. The van der Waals surface area contributed by atoms with E-state index in [1.54, 1.807) is 32.5 Å². The number of halogens is 1. The molecule has 0 bridgehead atoms. The highest BCUT2D eigenvalue weighted by molar-refractivity contribution is 6.29. The third-order valence-electron chi connectivity index (χ3n) is 1.90. The number of aromatic nitrogens is 4. The molecular weight excluding hydrogens is 216 g/mol. The van der Waals surface area contributed by atoms with E-state index in [1.807, 2.05) is 0 Å². The Labute approximate surface area is 91.7 Å². The van der Waals surface area contributed by atoms with Crippen molar-refractivity contribution in [2.75, 3.05) is 7.11 Å². The summed E-state index contributed by atoms with van der Waals surface area (Å²) in [6, 6.07) is 3.49. The van der Waals surface area contributed by atoms with Crippen molar-refractivity contribution in [1.29, 1.82) is 0 Å². The van der Waals surface area contributed by atoms with E-state index in [2.05, 4.69) is 15.2 Å². The lowest BCUT2D eigenvalue weighted by molar-refractivity contribution is 0.399. The molecule has 2 aromatic heterocycles. The van der Waals surface area contributed by atoms with E-state index in [-0.39, 0.29) is 0 Å². The van der Waals surface area contributed by atoms with Crippen LogP contribution in [0.1, 0.15) is 0 Å². The molecular formula is C9H9ClN4O. The van der Waals surface area contributed by atoms with E-state index in [0.717, 1.165) is 5.56 Å². The lowest BCUT2D eigenvalue weighted by atomic mass is 10.2. The maximum atomic E-state index is 5.76. The van der Waals surface area contributed by atoms with Gasteiger partial charge in [-0.1, -0.05) is 11.6 Å². The van der Waals surface area contributed by atoms with Crippen LogP contribution in [0.3, 0.4) is 0 Å². The number of nitrogens with zero attached hydrogens (tertiary/aromatic N) is 4. The standard InChI is InChI=1S/C9H9ClN4O/c1-14-11-5-7(13-14)6-3-4-8(10)12-9(6)15-2/h3-5H,1-2H3. The number of aryl methyl sites for hydroxylation is 1. The fraction of sp³-hybridized carbons (Fsp3) is 0.222. The first-order valence-electron chi connectivity index (χ1n) is 4.28. The quantitative estimate of drug-likeness (QED) is 0.727. The van der Waals surface area contributed by atoms with E-state index in [9.17, 15) is 0 Å². The molecule has 5 nitrogen and oxygen atoms in total. The van der Waals surface area contributed by atoms with Crippen LogP contribution < -0.4 is 4.74 Å². The van der Waals surface area contributed by atoms with Gasteiger partial charge in [0.25, 0.3) is 0 Å². The summed E-state index contributed by atoms with van der Waals surface area (Å²) in [6.45, 7) is 0. The molecule has 0 aliphatic heterocycles. The van der Waals surface area contributed by atoms with E-state index in [0.29, 0.717) is 16.7 Å². The van der Waals surface area contributed by atoms with E-state index in [1.165, 1.54) is 4.80 Å². The van der Waals surface area contributed by atoms with Gasteiger partial charge in [-0.2, -0.15) is 15.0 Å². The highest BCUT2D eigenvalue weighted by Crippen LogP contribution is 2.27. The number of ether oxygens (including phenoxy) is 1. The number of rotatable bonds is 2. The van der Waals surface area contributed by atoms with Gasteiger partial charge in [-0.15, -0.1) is 0 Å². The van der Waals surface area contributed by atoms with Gasteiger partial charge in [0.1, 0.15) is 10.8 Å². The minimum atomic E-state index is 0.388. The number of hydrogen-bond acceptors (Lipinski definition) is 4. The first-order valence-corrected chi connectivity index (χ1v) is 4.65. The molecule has 0 aromatic carbocycles. The first-order chi connectivity index (χ1) is 7.20. The summed E-state index contributed by atoms with van der Waals surface area (Å²) < 4.78 is 5.12. The maximum absolute atomic E-state index is 5.76. The Morgan fingerprint density at radius 3 is 2.80 bits per heavy atom. The molecule has 0 fully saturated rings. The van der Waals surface area contributed by atoms with Crippen molar-refractivity contribution in [1.82, 2.24) is 20.0 Å². The minimum Gasteiger partial charge on any atom is -0.480 e. The van der Waals surface area contributed by atoms with Gasteiger partial charge >= 0.3 is 0 Å². The van der Waals surface area contributed by atoms with Crippen LogP contribution in [0.4, 0.5) is 0 Å². The average Bonchev–Trinajstić information content (AvgIpc) is 2.64. The smallest absolute Gasteiger partial charge is 0.224 e. The van der Waals surface area contributed by atoms with Gasteiger partial charge in [0.2, 0.25) is 5.88 Å². The van der Waals surface area contributed by atoms with Gasteiger partial charge in [-0.3, -0.25) is 0 Å². The molecule has 2 heterocycles. The minimum absolute atomic E-state index is 0.388. The fourth-order valence-electron chi connectivity index (χ4n) is 1.24. The molecule has 0 saturated carbocycles. The number of pyridine rings is 1. The molecule has 0 saturated heterocycles. The van der Waals surface area contributed by atoms with Crippen molar-refractivity contribution in [3.63, 3.8) is 0 Å². The Bertz CT molecular complexity index is 483. The van der Waals surface area contributed by atoms with Gasteiger partial charge in [0.15, 0.2) is 0 Å². The number of methoxy groups -OCH3 is 1. The van der Waals surface area contributed by atoms with Crippen LogP contribution in [-0.2, 0) is 7.05 Å². The predicted octanol–water partition coefficient (Wildman–Crippen LogP) is 1.54. The summed E-state index contributed by atoms with van der Waals surface area (Å²) in [5.41, 5.74) is 1.48. The molecule has 6 heteroatoms. The van der Waals surface area contributed by atoms with Gasteiger partial charge in [-0.05, 0) is 12.1 Å². The van der Waals surface area contributed by atoms with Crippen molar-refractivity contribution in [3.8, 4) is 17.1 Å². The van der Waals surface area contributed by atoms with Gasteiger partial charge in [-0.25, -0.2) is 4.98 Å². The van der Waals surface area contributed by atoms with Gasteiger partial charge < -0.3 is 4.74 Å². The van der Waals surface area contributed by atoms with Crippen molar-refractivity contribution in [2.45, 2.75) is 0 Å². The summed E-state index contributed by atoms with van der Waals surface area (Å²) in [4.78, 5) is 5.52. The summed E-state index contributed by atoms with van der Waals surface area (Å²) in [5.74, 6) is 0.447. The van der Waals surface area contributed by atoms with Gasteiger partial charge in [0, 0.05) is 7.05 Å². The third kappa shape index (κ3) is 1.92. The summed E-state index contributed by atoms with van der Waals surface area (Å²) >= 11 is 5.76. The normalized spacial score (nSPS) is 10.3. The topological polar surface area (TPSA) is 52.8 Å². The second-order valence-corrected chi connectivity index (χ2v) is 3.30. The Morgan fingerprint density at radius 2 is 2.20 bits per heavy atom. The molecule has 0 N–H and O–H groups in total. The largest absolute Gasteiger partial charge is 0.480 e. The molecule has 0 amide bonds. The molecule has 0 aliphatic rings. The predicted molar refractivity (Wildman–Crippen MR) is 55.8 cm³/mol. The lowest BCUT2D eigenvalue weighted by Gasteiger charge is -2.04. The van der Waals surface area contributed by atoms with Crippen molar-refractivity contribution in [3.05, 3.63) is 23.5 Å². The molecule has 0 aliphatic carbocycles. The lowest BCUT2D eigenvalue weighted by Crippen LogP contribution is -1.94. The summed E-state index contributed by atoms with van der Waals surface area (Å²) in [5, 5.41) is 8.53. The molecule has 15 heavy (non-hydrogen) atoms. The van der Waals surface area contributed by atoms with Crippen molar-refractivity contribution < 1.29 is 4.74 Å². The fourth-order valence-corrected chi connectivity index (χ4v) is 1.38. The molecule has 2 rings (SSSR count). The highest BCUT2D eigenvalue weighted by atomic mass is 35.5. The van der Waals surface area contributed by atoms with E-state index < -0.39 is 0 Å². The van der Waals surface area contributed by atoms with Crippen LogP contribution in [-0.4, -0.2) is 27.1 Å². The second-order valence-electron chi connectivity index (χ2n) is 2.91. The SMILES string of the molecule is COc1nc(Cl)ccc1-c1cnn(C)n1. The third-order valence-corrected chi connectivity index (χ3v) is 2.11. The molecule has 2 aromatic rings. The monoisotopic (exact) mass is 224 g/mol. The zero-order chi connectivity index (χ0) is 10.8. The van der Waals surface area contributed by atoms with Crippen LogP contribution in [0.15, 0.2) is 18.3 Å². The van der Waals surface area contributed by atoms with Crippen LogP contribution in [0.2, 0.25) is 5.15 Å². The number of hydrogen-bond donors (Lipinski definition) is 0. The Hall–Kier alpha value is -1.62. The molecule has 0 spiro atoms. The highest BCUT2D eigenvalue weighted by Gasteiger charge is 2.10. The van der Waals surface area contributed by atoms with Crippen molar-refractivity contribution in [2.24, 2.45) is 7.05 Å². The first kappa shape index (κ1) is 9.92. The van der Waals surface area contributed by atoms with E-state index in [4.69, 9.17) is 16.3 Å². The van der Waals surface area contributed by atoms with Crippen LogP contribution in [0.5, 0.6) is 5.88 Å². The Balaban J connectivity index is 2.52.